The maximum absolute atomic E-state index is 11.6. The summed E-state index contributed by atoms with van der Waals surface area (Å²) in [5, 5.41) is 0. The fourth-order valence-corrected chi connectivity index (χ4v) is 2.84. The second kappa shape index (κ2) is 5.49. The van der Waals surface area contributed by atoms with Crippen molar-refractivity contribution < 1.29 is 8.42 Å². The lowest BCUT2D eigenvalue weighted by Crippen LogP contribution is -2.26. The van der Waals surface area contributed by atoms with E-state index in [1.807, 2.05) is 31.2 Å². The van der Waals surface area contributed by atoms with E-state index in [1.54, 1.807) is 0 Å². The summed E-state index contributed by atoms with van der Waals surface area (Å²) in [5.74, 6) is 0.806. The molecule has 0 amide bonds. The highest BCUT2D eigenvalue weighted by atomic mass is 32.2. The second-order valence-electron chi connectivity index (χ2n) is 4.19. The lowest BCUT2D eigenvalue weighted by molar-refractivity contribution is 0.576. The van der Waals surface area contributed by atoms with E-state index in [1.165, 1.54) is 0 Å². The summed E-state index contributed by atoms with van der Waals surface area (Å²) in [6.45, 7) is 2.18. The molecule has 5 nitrogen and oxygen atoms in total. The summed E-state index contributed by atoms with van der Waals surface area (Å²) < 4.78 is 25.8. The van der Waals surface area contributed by atoms with Crippen LogP contribution >= 0.6 is 0 Å². The van der Waals surface area contributed by atoms with Gasteiger partial charge in [0, 0.05) is 0 Å². The maximum Gasteiger partial charge on any atom is 0.212 e. The van der Waals surface area contributed by atoms with E-state index in [9.17, 15) is 8.42 Å². The van der Waals surface area contributed by atoms with Crippen LogP contribution in [-0.2, 0) is 16.6 Å². The Hall–Kier alpha value is -1.40. The number of aromatic amines is 1. The number of rotatable bonds is 6. The normalized spacial score (nSPS) is 12.1. The van der Waals surface area contributed by atoms with E-state index in [-0.39, 0.29) is 12.3 Å². The SMILES string of the molecule is CCCCS(=O)(=O)NCc1nc2ccccc2[nH]1. The number of H-pyrrole nitrogens is 1. The van der Waals surface area contributed by atoms with Crippen LogP contribution in [0.4, 0.5) is 0 Å². The van der Waals surface area contributed by atoms with Crippen LogP contribution in [0, 0.1) is 0 Å². The first-order chi connectivity index (χ1) is 8.61. The molecular weight excluding hydrogens is 250 g/mol. The molecule has 0 aliphatic carbocycles. The van der Waals surface area contributed by atoms with Crippen molar-refractivity contribution in [1.29, 1.82) is 0 Å². The Labute approximate surface area is 107 Å². The number of aromatic nitrogens is 2. The summed E-state index contributed by atoms with van der Waals surface area (Å²) in [6, 6.07) is 7.62. The molecule has 2 aromatic rings. The third-order valence-corrected chi connectivity index (χ3v) is 4.07. The highest BCUT2D eigenvalue weighted by Gasteiger charge is 2.10. The zero-order valence-electron chi connectivity index (χ0n) is 10.3. The zero-order chi connectivity index (χ0) is 13.0. The number of imidazole rings is 1. The number of fused-ring (bicyclic) bond motifs is 1. The third-order valence-electron chi connectivity index (χ3n) is 2.66. The van der Waals surface area contributed by atoms with Crippen LogP contribution in [0.2, 0.25) is 0 Å². The predicted octanol–water partition coefficient (Wildman–Crippen LogP) is 1.78. The summed E-state index contributed by atoms with van der Waals surface area (Å²) >= 11 is 0. The largest absolute Gasteiger partial charge is 0.341 e. The average Bonchev–Trinajstić information content (AvgIpc) is 2.77. The molecule has 98 valence electrons. The molecular formula is C12H17N3O2S. The number of benzene rings is 1. The van der Waals surface area contributed by atoms with Gasteiger partial charge < -0.3 is 4.98 Å². The number of nitrogens with zero attached hydrogens (tertiary/aromatic N) is 1. The molecule has 0 radical (unpaired) electrons. The molecule has 0 saturated heterocycles. The quantitative estimate of drug-likeness (QED) is 0.837. The molecule has 0 aliphatic heterocycles. The van der Waals surface area contributed by atoms with Gasteiger partial charge in [0.25, 0.3) is 0 Å². The number of hydrogen-bond donors (Lipinski definition) is 2. The van der Waals surface area contributed by atoms with Crippen molar-refractivity contribution >= 4 is 21.1 Å². The molecule has 6 heteroatoms. The molecule has 18 heavy (non-hydrogen) atoms. The van der Waals surface area contributed by atoms with Crippen LogP contribution in [0.15, 0.2) is 24.3 Å². The van der Waals surface area contributed by atoms with E-state index in [0.717, 1.165) is 17.5 Å². The molecule has 2 N–H and O–H groups in total. The van der Waals surface area contributed by atoms with Gasteiger partial charge in [-0.1, -0.05) is 25.5 Å². The zero-order valence-corrected chi connectivity index (χ0v) is 11.1. The fraction of sp³-hybridized carbons (Fsp3) is 0.417. The van der Waals surface area contributed by atoms with Gasteiger partial charge in [-0.2, -0.15) is 0 Å². The number of para-hydroxylation sites is 2. The van der Waals surface area contributed by atoms with Crippen molar-refractivity contribution in [2.45, 2.75) is 26.3 Å². The minimum Gasteiger partial charge on any atom is -0.341 e. The minimum absolute atomic E-state index is 0.170. The van der Waals surface area contributed by atoms with Crippen LogP contribution in [0.3, 0.4) is 0 Å². The first-order valence-corrected chi connectivity index (χ1v) is 7.67. The van der Waals surface area contributed by atoms with Gasteiger partial charge in [0.1, 0.15) is 5.82 Å². The van der Waals surface area contributed by atoms with E-state index in [0.29, 0.717) is 12.2 Å². The van der Waals surface area contributed by atoms with Crippen molar-refractivity contribution in [3.63, 3.8) is 0 Å². The van der Waals surface area contributed by atoms with Gasteiger partial charge >= 0.3 is 0 Å². The fourth-order valence-electron chi connectivity index (χ4n) is 1.67. The molecule has 1 aromatic heterocycles. The van der Waals surface area contributed by atoms with Gasteiger partial charge in [0.05, 0.1) is 23.3 Å². The van der Waals surface area contributed by atoms with Crippen molar-refractivity contribution in [2.75, 3.05) is 5.75 Å². The van der Waals surface area contributed by atoms with Gasteiger partial charge in [-0.15, -0.1) is 0 Å². The third kappa shape index (κ3) is 3.30. The molecule has 0 atom stereocenters. The van der Waals surface area contributed by atoms with Crippen LogP contribution in [-0.4, -0.2) is 24.1 Å². The van der Waals surface area contributed by atoms with Crippen LogP contribution in [0.5, 0.6) is 0 Å². The topological polar surface area (TPSA) is 74.8 Å². The molecule has 2 rings (SSSR count). The number of sulfonamides is 1. The van der Waals surface area contributed by atoms with Gasteiger partial charge in [-0.05, 0) is 18.6 Å². The summed E-state index contributed by atoms with van der Waals surface area (Å²) in [7, 11) is -3.19. The highest BCUT2D eigenvalue weighted by molar-refractivity contribution is 7.89. The Morgan fingerprint density at radius 1 is 1.33 bits per heavy atom. The van der Waals surface area contributed by atoms with Gasteiger partial charge in [-0.25, -0.2) is 18.1 Å². The van der Waals surface area contributed by atoms with Gasteiger partial charge in [0.2, 0.25) is 10.0 Å². The number of hydrogen-bond acceptors (Lipinski definition) is 3. The molecule has 1 aromatic carbocycles. The van der Waals surface area contributed by atoms with Gasteiger partial charge in [0.15, 0.2) is 0 Å². The maximum atomic E-state index is 11.6. The number of nitrogens with one attached hydrogen (secondary N) is 2. The Morgan fingerprint density at radius 3 is 2.83 bits per heavy atom. The molecule has 1 heterocycles. The lowest BCUT2D eigenvalue weighted by atomic mass is 10.3. The van der Waals surface area contributed by atoms with Crippen molar-refractivity contribution in [2.24, 2.45) is 0 Å². The average molecular weight is 267 g/mol. The number of unbranched alkanes of at least 4 members (excludes halogenated alkanes) is 1. The molecule has 0 bridgehead atoms. The monoisotopic (exact) mass is 267 g/mol. The standard InChI is InChI=1S/C12H17N3O2S/c1-2-3-8-18(16,17)13-9-12-14-10-6-4-5-7-11(10)15-12/h4-7,13H,2-3,8-9H2,1H3,(H,14,15). The van der Waals surface area contributed by atoms with E-state index in [4.69, 9.17) is 0 Å². The highest BCUT2D eigenvalue weighted by Crippen LogP contribution is 2.10. The molecule has 0 unspecified atom stereocenters. The first kappa shape index (κ1) is 13.0. The van der Waals surface area contributed by atoms with Crippen molar-refractivity contribution in [3.05, 3.63) is 30.1 Å². The molecule has 0 fully saturated rings. The van der Waals surface area contributed by atoms with E-state index >= 15 is 0 Å². The Balaban J connectivity index is 2.01. The predicted molar refractivity (Wildman–Crippen MR) is 71.6 cm³/mol. The summed E-state index contributed by atoms with van der Waals surface area (Å²) in [6.07, 6.45) is 1.54. The lowest BCUT2D eigenvalue weighted by Gasteiger charge is -2.03. The first-order valence-electron chi connectivity index (χ1n) is 6.01. The Morgan fingerprint density at radius 2 is 2.11 bits per heavy atom. The second-order valence-corrected chi connectivity index (χ2v) is 6.12. The molecule has 0 saturated carbocycles. The Kier molecular flexibility index (Phi) is 3.98. The van der Waals surface area contributed by atoms with Crippen LogP contribution < -0.4 is 4.72 Å². The minimum atomic E-state index is -3.19. The summed E-state index contributed by atoms with van der Waals surface area (Å²) in [4.78, 5) is 7.40. The Bertz CT molecular complexity index is 586. The van der Waals surface area contributed by atoms with E-state index < -0.39 is 10.0 Å². The molecule has 0 spiro atoms. The van der Waals surface area contributed by atoms with Crippen LogP contribution in [0.1, 0.15) is 25.6 Å². The molecule has 0 aliphatic rings. The van der Waals surface area contributed by atoms with Crippen molar-refractivity contribution in [3.8, 4) is 0 Å². The van der Waals surface area contributed by atoms with E-state index in [2.05, 4.69) is 14.7 Å². The van der Waals surface area contributed by atoms with Crippen molar-refractivity contribution in [1.82, 2.24) is 14.7 Å². The van der Waals surface area contributed by atoms with Gasteiger partial charge in [-0.3, -0.25) is 0 Å². The van der Waals surface area contributed by atoms with Crippen LogP contribution in [0.25, 0.3) is 11.0 Å². The smallest absolute Gasteiger partial charge is 0.212 e. The summed E-state index contributed by atoms with van der Waals surface area (Å²) in [5.41, 5.74) is 1.76.